The molecule has 0 aromatic heterocycles. The second-order valence-corrected chi connectivity index (χ2v) is 7.48. The van der Waals surface area contributed by atoms with Crippen molar-refractivity contribution in [1.82, 2.24) is 4.90 Å². The topological polar surface area (TPSA) is 49.4 Å². The van der Waals surface area contributed by atoms with E-state index in [9.17, 15) is 14.0 Å². The summed E-state index contributed by atoms with van der Waals surface area (Å²) in [6.07, 6.45) is 2.53. The summed E-state index contributed by atoms with van der Waals surface area (Å²) in [5.74, 6) is -0.458. The monoisotopic (exact) mass is 382 g/mol. The van der Waals surface area contributed by atoms with E-state index in [0.717, 1.165) is 30.5 Å². The van der Waals surface area contributed by atoms with Crippen LogP contribution in [0.5, 0.6) is 0 Å². The molecule has 1 fully saturated rings. The molecule has 1 aliphatic rings. The molecular weight excluding hydrogens is 355 g/mol. The van der Waals surface area contributed by atoms with Crippen LogP contribution in [0.1, 0.15) is 54.9 Å². The Kier molecular flexibility index (Phi) is 6.45. The fourth-order valence-corrected chi connectivity index (χ4v) is 3.65. The third-order valence-corrected chi connectivity index (χ3v) is 5.53. The van der Waals surface area contributed by atoms with E-state index in [1.165, 1.54) is 24.3 Å². The molecule has 2 aromatic rings. The Balaban J connectivity index is 1.68. The summed E-state index contributed by atoms with van der Waals surface area (Å²) < 4.78 is 13.1. The van der Waals surface area contributed by atoms with Gasteiger partial charge in [0.25, 0.3) is 5.91 Å². The first-order chi connectivity index (χ1) is 13.5. The summed E-state index contributed by atoms with van der Waals surface area (Å²) >= 11 is 0. The molecule has 3 rings (SSSR count). The zero-order valence-corrected chi connectivity index (χ0v) is 16.5. The van der Waals surface area contributed by atoms with Gasteiger partial charge in [-0.05, 0) is 61.1 Å². The summed E-state index contributed by atoms with van der Waals surface area (Å²) in [4.78, 5) is 27.3. The Hall–Kier alpha value is -2.69. The van der Waals surface area contributed by atoms with Crippen molar-refractivity contribution < 1.29 is 14.0 Å². The van der Waals surface area contributed by atoms with Crippen LogP contribution < -0.4 is 5.32 Å². The second-order valence-electron chi connectivity index (χ2n) is 7.48. The number of anilines is 1. The van der Waals surface area contributed by atoms with Crippen LogP contribution in [0, 0.1) is 11.7 Å². The highest BCUT2D eigenvalue weighted by Gasteiger charge is 2.29. The number of hydrogen-bond acceptors (Lipinski definition) is 2. The first kappa shape index (κ1) is 20.1. The number of piperidine rings is 1. The minimum Gasteiger partial charge on any atom is -0.338 e. The van der Waals surface area contributed by atoms with Gasteiger partial charge in [0.2, 0.25) is 5.91 Å². The number of amides is 2. The van der Waals surface area contributed by atoms with E-state index in [1.54, 1.807) is 4.90 Å². The lowest BCUT2D eigenvalue weighted by atomic mass is 9.94. The van der Waals surface area contributed by atoms with Crippen LogP contribution >= 0.6 is 0 Å². The minimum atomic E-state index is -0.368. The lowest BCUT2D eigenvalue weighted by Crippen LogP contribution is -2.43. The van der Waals surface area contributed by atoms with Gasteiger partial charge in [-0.2, -0.15) is 0 Å². The van der Waals surface area contributed by atoms with Crippen molar-refractivity contribution in [2.45, 2.75) is 39.0 Å². The zero-order chi connectivity index (χ0) is 20.1. The zero-order valence-electron chi connectivity index (χ0n) is 16.5. The van der Waals surface area contributed by atoms with Gasteiger partial charge >= 0.3 is 0 Å². The molecule has 0 spiro atoms. The van der Waals surface area contributed by atoms with Crippen LogP contribution in [0.4, 0.5) is 10.1 Å². The summed E-state index contributed by atoms with van der Waals surface area (Å²) in [5, 5.41) is 3.08. The van der Waals surface area contributed by atoms with E-state index in [2.05, 4.69) is 25.2 Å². The van der Waals surface area contributed by atoms with Crippen molar-refractivity contribution in [2.24, 2.45) is 5.92 Å². The fourth-order valence-electron chi connectivity index (χ4n) is 3.65. The van der Waals surface area contributed by atoms with E-state index in [1.807, 2.05) is 18.2 Å². The smallest absolute Gasteiger partial charge is 0.253 e. The third-order valence-electron chi connectivity index (χ3n) is 5.53. The molecule has 1 heterocycles. The van der Waals surface area contributed by atoms with Crippen LogP contribution in [-0.4, -0.2) is 29.8 Å². The number of benzene rings is 2. The number of nitrogens with zero attached hydrogens (tertiary/aromatic N) is 1. The molecule has 0 unspecified atom stereocenters. The minimum absolute atomic E-state index is 0.0487. The van der Waals surface area contributed by atoms with E-state index in [0.29, 0.717) is 24.6 Å². The molecular formula is C23H27FN2O2. The van der Waals surface area contributed by atoms with Gasteiger partial charge in [0, 0.05) is 24.3 Å². The Morgan fingerprint density at radius 2 is 1.89 bits per heavy atom. The molecule has 2 atom stereocenters. The van der Waals surface area contributed by atoms with E-state index in [-0.39, 0.29) is 23.5 Å². The average Bonchev–Trinajstić information content (AvgIpc) is 2.73. The third kappa shape index (κ3) is 4.58. The number of para-hydroxylation sites is 1. The molecule has 1 saturated heterocycles. The van der Waals surface area contributed by atoms with Gasteiger partial charge in [-0.1, -0.05) is 32.0 Å². The van der Waals surface area contributed by atoms with Crippen LogP contribution in [0.25, 0.3) is 0 Å². The summed E-state index contributed by atoms with van der Waals surface area (Å²) in [5.41, 5.74) is 2.43. The van der Waals surface area contributed by atoms with Crippen molar-refractivity contribution in [3.05, 3.63) is 65.5 Å². The maximum Gasteiger partial charge on any atom is 0.253 e. The molecule has 4 nitrogen and oxygen atoms in total. The Bertz CT molecular complexity index is 835. The number of carbonyl (C=O) groups excluding carboxylic acids is 2. The molecule has 0 aliphatic carbocycles. The van der Waals surface area contributed by atoms with Crippen LogP contribution in [-0.2, 0) is 4.79 Å². The molecule has 148 valence electrons. The number of carbonyl (C=O) groups is 2. The highest BCUT2D eigenvalue weighted by Crippen LogP contribution is 2.28. The van der Waals surface area contributed by atoms with E-state index in [4.69, 9.17) is 0 Å². The molecule has 1 N–H and O–H groups in total. The van der Waals surface area contributed by atoms with Crippen molar-refractivity contribution in [3.8, 4) is 0 Å². The Morgan fingerprint density at radius 3 is 2.61 bits per heavy atom. The predicted molar refractivity (Wildman–Crippen MR) is 109 cm³/mol. The first-order valence-electron chi connectivity index (χ1n) is 9.94. The molecule has 0 bridgehead atoms. The normalized spacial score (nSPS) is 17.8. The van der Waals surface area contributed by atoms with Crippen molar-refractivity contribution in [1.29, 1.82) is 0 Å². The van der Waals surface area contributed by atoms with Gasteiger partial charge in [-0.25, -0.2) is 4.39 Å². The summed E-state index contributed by atoms with van der Waals surface area (Å²) in [6, 6.07) is 13.4. The van der Waals surface area contributed by atoms with Crippen LogP contribution in [0.15, 0.2) is 48.5 Å². The highest BCUT2D eigenvalue weighted by molar-refractivity contribution is 5.96. The summed E-state index contributed by atoms with van der Waals surface area (Å²) in [6.45, 7) is 5.27. The fraction of sp³-hybridized carbons (Fsp3) is 0.391. The van der Waals surface area contributed by atoms with Gasteiger partial charge in [0.15, 0.2) is 0 Å². The maximum atomic E-state index is 13.1. The average molecular weight is 382 g/mol. The molecule has 0 saturated carbocycles. The number of halogens is 1. The van der Waals surface area contributed by atoms with Crippen LogP contribution in [0.2, 0.25) is 0 Å². The van der Waals surface area contributed by atoms with Crippen LogP contribution in [0.3, 0.4) is 0 Å². The quantitative estimate of drug-likeness (QED) is 0.805. The molecule has 28 heavy (non-hydrogen) atoms. The van der Waals surface area contributed by atoms with Gasteiger partial charge < -0.3 is 10.2 Å². The van der Waals surface area contributed by atoms with E-state index < -0.39 is 0 Å². The lowest BCUT2D eigenvalue weighted by Gasteiger charge is -2.32. The molecule has 5 heteroatoms. The number of rotatable bonds is 5. The molecule has 1 aliphatic heterocycles. The van der Waals surface area contributed by atoms with Crippen molar-refractivity contribution in [3.63, 3.8) is 0 Å². The second kappa shape index (κ2) is 9.00. The molecule has 0 radical (unpaired) electrons. The van der Waals surface area contributed by atoms with E-state index >= 15 is 0 Å². The predicted octanol–water partition coefficient (Wildman–Crippen LogP) is 4.83. The first-order valence-corrected chi connectivity index (χ1v) is 9.94. The van der Waals surface area contributed by atoms with Crippen molar-refractivity contribution in [2.75, 3.05) is 18.4 Å². The standard InChI is InChI=1S/C23H27FN2O2/c1-3-16(2)20-8-4-5-9-21(20)25-22(27)18-7-6-14-26(15-18)23(28)17-10-12-19(24)13-11-17/h4-5,8-13,16,18H,3,6-7,14-15H2,1-2H3,(H,25,27)/t16-,18+/m1/s1. The van der Waals surface area contributed by atoms with Gasteiger partial charge in [-0.3, -0.25) is 9.59 Å². The van der Waals surface area contributed by atoms with Gasteiger partial charge in [0.1, 0.15) is 5.82 Å². The van der Waals surface area contributed by atoms with Crippen molar-refractivity contribution >= 4 is 17.5 Å². The SMILES string of the molecule is CC[C@@H](C)c1ccccc1NC(=O)[C@H]1CCCN(C(=O)c2ccc(F)cc2)C1. The van der Waals surface area contributed by atoms with Gasteiger partial charge in [0.05, 0.1) is 5.92 Å². The number of hydrogen-bond donors (Lipinski definition) is 1. The Labute approximate surface area is 165 Å². The largest absolute Gasteiger partial charge is 0.338 e. The molecule has 2 amide bonds. The maximum absolute atomic E-state index is 13.1. The van der Waals surface area contributed by atoms with Gasteiger partial charge in [-0.15, -0.1) is 0 Å². The lowest BCUT2D eigenvalue weighted by molar-refractivity contribution is -0.121. The summed E-state index contributed by atoms with van der Waals surface area (Å²) in [7, 11) is 0. The molecule has 2 aromatic carbocycles. The Morgan fingerprint density at radius 1 is 1.18 bits per heavy atom. The highest BCUT2D eigenvalue weighted by atomic mass is 19.1. The number of nitrogens with one attached hydrogen (secondary N) is 1. The number of likely N-dealkylation sites (tertiary alicyclic amines) is 1.